The molecule has 2 aromatic heterocycles. The third-order valence-electron chi connectivity index (χ3n) is 3.44. The van der Waals surface area contributed by atoms with Gasteiger partial charge in [0.05, 0.1) is 12.5 Å². The Morgan fingerprint density at radius 3 is 2.77 bits per heavy atom. The number of hydrogen-bond acceptors (Lipinski definition) is 6. The first kappa shape index (κ1) is 14.7. The molecular formula is C16H18N4OS. The van der Waals surface area contributed by atoms with Gasteiger partial charge in [0.25, 0.3) is 0 Å². The predicted octanol–water partition coefficient (Wildman–Crippen LogP) is 3.13. The van der Waals surface area contributed by atoms with Gasteiger partial charge in [-0.3, -0.25) is 0 Å². The van der Waals surface area contributed by atoms with E-state index in [-0.39, 0.29) is 0 Å². The van der Waals surface area contributed by atoms with Crippen LogP contribution in [0, 0.1) is 0 Å². The number of benzene rings is 1. The lowest BCUT2D eigenvalue weighted by Gasteiger charge is -2.08. The fourth-order valence-corrected chi connectivity index (χ4v) is 3.22. The minimum atomic E-state index is 0.663. The molecule has 0 fully saturated rings. The van der Waals surface area contributed by atoms with Crippen LogP contribution in [0.15, 0.2) is 36.0 Å². The van der Waals surface area contributed by atoms with Gasteiger partial charge >= 0.3 is 0 Å². The Bertz CT molecular complexity index is 754. The van der Waals surface area contributed by atoms with Gasteiger partial charge in [-0.1, -0.05) is 12.1 Å². The predicted molar refractivity (Wildman–Crippen MR) is 91.6 cm³/mol. The molecule has 2 heterocycles. The number of ether oxygens (including phenoxy) is 1. The molecule has 3 rings (SSSR count). The summed E-state index contributed by atoms with van der Waals surface area (Å²) in [6, 6.07) is 8.03. The van der Waals surface area contributed by atoms with Crippen LogP contribution in [0.25, 0.3) is 21.3 Å². The lowest BCUT2D eigenvalue weighted by Crippen LogP contribution is -2.09. The molecule has 0 radical (unpaired) electrons. The Hall–Kier alpha value is -2.18. The van der Waals surface area contributed by atoms with Crippen LogP contribution in [0.5, 0.6) is 5.75 Å². The van der Waals surface area contributed by atoms with Crippen molar-refractivity contribution in [1.29, 1.82) is 0 Å². The molecule has 0 spiro atoms. The van der Waals surface area contributed by atoms with Gasteiger partial charge in [0, 0.05) is 17.5 Å². The average Bonchev–Trinajstić information content (AvgIpc) is 3.00. The number of thiophene rings is 1. The molecule has 1 aromatic carbocycles. The van der Waals surface area contributed by atoms with Crippen molar-refractivity contribution in [1.82, 2.24) is 9.97 Å². The van der Waals surface area contributed by atoms with Gasteiger partial charge in [0.15, 0.2) is 0 Å². The van der Waals surface area contributed by atoms with Gasteiger partial charge in [0.2, 0.25) is 0 Å². The Morgan fingerprint density at radius 1 is 1.23 bits per heavy atom. The normalized spacial score (nSPS) is 10.8. The molecule has 3 N–H and O–H groups in total. The second-order valence-corrected chi connectivity index (χ2v) is 5.71. The SMILES string of the molecule is COc1ccc(-c2csc3ncnc(NCCCN)c23)cc1. The first-order chi connectivity index (χ1) is 10.8. The average molecular weight is 314 g/mol. The Kier molecular flexibility index (Phi) is 4.50. The molecule has 22 heavy (non-hydrogen) atoms. The van der Waals surface area contributed by atoms with Crippen LogP contribution in [-0.4, -0.2) is 30.2 Å². The molecule has 0 unspecified atom stereocenters. The van der Waals surface area contributed by atoms with E-state index in [1.807, 2.05) is 12.1 Å². The van der Waals surface area contributed by atoms with Crippen molar-refractivity contribution in [2.45, 2.75) is 6.42 Å². The van der Waals surface area contributed by atoms with E-state index in [0.29, 0.717) is 6.54 Å². The molecule has 114 valence electrons. The summed E-state index contributed by atoms with van der Waals surface area (Å²) in [4.78, 5) is 9.74. The second kappa shape index (κ2) is 6.72. The van der Waals surface area contributed by atoms with Crippen LogP contribution < -0.4 is 15.8 Å². The van der Waals surface area contributed by atoms with E-state index < -0.39 is 0 Å². The standard InChI is InChI=1S/C16H18N4OS/c1-21-12-5-3-11(4-6-12)13-9-22-16-14(13)15(19-10-20-16)18-8-2-7-17/h3-6,9-10H,2,7-8,17H2,1H3,(H,18,19,20). The van der Waals surface area contributed by atoms with Crippen molar-refractivity contribution in [2.75, 3.05) is 25.5 Å². The summed E-state index contributed by atoms with van der Waals surface area (Å²) in [5, 5.41) is 6.54. The lowest BCUT2D eigenvalue weighted by molar-refractivity contribution is 0.415. The highest BCUT2D eigenvalue weighted by Gasteiger charge is 2.12. The summed E-state index contributed by atoms with van der Waals surface area (Å²) in [7, 11) is 1.67. The minimum Gasteiger partial charge on any atom is -0.497 e. The molecule has 0 aliphatic heterocycles. The molecule has 5 nitrogen and oxygen atoms in total. The molecule has 0 aliphatic carbocycles. The van der Waals surface area contributed by atoms with E-state index in [4.69, 9.17) is 10.5 Å². The molecule has 0 amide bonds. The summed E-state index contributed by atoms with van der Waals surface area (Å²) in [5.74, 6) is 1.71. The van der Waals surface area contributed by atoms with E-state index in [2.05, 4.69) is 32.8 Å². The van der Waals surface area contributed by atoms with E-state index in [0.717, 1.165) is 45.9 Å². The zero-order chi connectivity index (χ0) is 15.4. The van der Waals surface area contributed by atoms with Gasteiger partial charge in [-0.2, -0.15) is 0 Å². The molecule has 0 atom stereocenters. The molecule has 3 aromatic rings. The smallest absolute Gasteiger partial charge is 0.138 e. The molecular weight excluding hydrogens is 296 g/mol. The van der Waals surface area contributed by atoms with Crippen LogP contribution >= 0.6 is 11.3 Å². The van der Waals surface area contributed by atoms with Crippen molar-refractivity contribution in [2.24, 2.45) is 5.73 Å². The number of aromatic nitrogens is 2. The largest absolute Gasteiger partial charge is 0.497 e. The zero-order valence-electron chi connectivity index (χ0n) is 12.4. The van der Waals surface area contributed by atoms with Crippen molar-refractivity contribution in [3.8, 4) is 16.9 Å². The monoisotopic (exact) mass is 314 g/mol. The maximum Gasteiger partial charge on any atom is 0.138 e. The lowest BCUT2D eigenvalue weighted by atomic mass is 10.1. The van der Waals surface area contributed by atoms with Crippen LogP contribution in [0.1, 0.15) is 6.42 Å². The summed E-state index contributed by atoms with van der Waals surface area (Å²) in [6.07, 6.45) is 2.51. The highest BCUT2D eigenvalue weighted by atomic mass is 32.1. The summed E-state index contributed by atoms with van der Waals surface area (Å²) in [6.45, 7) is 1.47. The third kappa shape index (κ3) is 2.88. The molecule has 0 saturated heterocycles. The first-order valence-electron chi connectivity index (χ1n) is 7.14. The number of nitrogens with two attached hydrogens (primary N) is 1. The van der Waals surface area contributed by atoms with E-state index in [9.17, 15) is 0 Å². The van der Waals surface area contributed by atoms with E-state index in [1.54, 1.807) is 24.8 Å². The number of nitrogens with one attached hydrogen (secondary N) is 1. The van der Waals surface area contributed by atoms with Gasteiger partial charge in [0.1, 0.15) is 22.7 Å². The Labute approximate surface area is 133 Å². The molecule has 6 heteroatoms. The van der Waals surface area contributed by atoms with Crippen LogP contribution in [0.2, 0.25) is 0 Å². The maximum absolute atomic E-state index is 5.55. The number of anilines is 1. The number of methoxy groups -OCH3 is 1. The van der Waals surface area contributed by atoms with Crippen LogP contribution in [0.3, 0.4) is 0 Å². The number of hydrogen-bond donors (Lipinski definition) is 2. The van der Waals surface area contributed by atoms with Crippen molar-refractivity contribution >= 4 is 27.4 Å². The molecule has 0 aliphatic rings. The van der Waals surface area contributed by atoms with E-state index in [1.165, 1.54) is 0 Å². The maximum atomic E-state index is 5.55. The van der Waals surface area contributed by atoms with Crippen LogP contribution in [0.4, 0.5) is 5.82 Å². The van der Waals surface area contributed by atoms with Gasteiger partial charge in [-0.05, 0) is 30.7 Å². The highest BCUT2D eigenvalue weighted by Crippen LogP contribution is 2.36. The minimum absolute atomic E-state index is 0.663. The molecule has 0 bridgehead atoms. The first-order valence-corrected chi connectivity index (χ1v) is 8.02. The fraction of sp³-hybridized carbons (Fsp3) is 0.250. The van der Waals surface area contributed by atoms with Gasteiger partial charge in [-0.15, -0.1) is 11.3 Å². The number of rotatable bonds is 6. The van der Waals surface area contributed by atoms with Crippen molar-refractivity contribution in [3.63, 3.8) is 0 Å². The topological polar surface area (TPSA) is 73.1 Å². The summed E-state index contributed by atoms with van der Waals surface area (Å²) in [5.41, 5.74) is 7.82. The highest BCUT2D eigenvalue weighted by molar-refractivity contribution is 7.17. The number of fused-ring (bicyclic) bond motifs is 1. The zero-order valence-corrected chi connectivity index (χ0v) is 13.2. The number of nitrogens with zero attached hydrogens (tertiary/aromatic N) is 2. The molecule has 0 saturated carbocycles. The quantitative estimate of drug-likeness (QED) is 0.684. The van der Waals surface area contributed by atoms with Crippen molar-refractivity contribution < 1.29 is 4.74 Å². The Balaban J connectivity index is 2.01. The third-order valence-corrected chi connectivity index (χ3v) is 4.33. The second-order valence-electron chi connectivity index (χ2n) is 4.85. The van der Waals surface area contributed by atoms with Gasteiger partial charge < -0.3 is 15.8 Å². The van der Waals surface area contributed by atoms with Crippen molar-refractivity contribution in [3.05, 3.63) is 36.0 Å². The Morgan fingerprint density at radius 2 is 2.05 bits per heavy atom. The summed E-state index contributed by atoms with van der Waals surface area (Å²) >= 11 is 1.63. The fourth-order valence-electron chi connectivity index (χ4n) is 2.30. The summed E-state index contributed by atoms with van der Waals surface area (Å²) < 4.78 is 5.22. The van der Waals surface area contributed by atoms with Gasteiger partial charge in [-0.25, -0.2) is 9.97 Å². The van der Waals surface area contributed by atoms with Crippen LogP contribution in [-0.2, 0) is 0 Å². The van der Waals surface area contributed by atoms with E-state index >= 15 is 0 Å².